The lowest BCUT2D eigenvalue weighted by atomic mass is 10.1. The van der Waals surface area contributed by atoms with E-state index in [1.165, 1.54) is 0 Å². The molecule has 0 aromatic heterocycles. The first-order valence-electron chi connectivity index (χ1n) is 4.25. The molecule has 1 atom stereocenters. The van der Waals surface area contributed by atoms with E-state index >= 15 is 0 Å². The fourth-order valence-electron chi connectivity index (χ4n) is 1.09. The Morgan fingerprint density at radius 2 is 2.08 bits per heavy atom. The van der Waals surface area contributed by atoms with E-state index in [-0.39, 0.29) is 6.10 Å². The van der Waals surface area contributed by atoms with Crippen LogP contribution in [0.25, 0.3) is 0 Å². The van der Waals surface area contributed by atoms with Crippen LogP contribution in [0.5, 0.6) is 0 Å². The van der Waals surface area contributed by atoms with Gasteiger partial charge in [0, 0.05) is 10.0 Å². The normalized spacial score (nSPS) is 12.9. The minimum atomic E-state index is -0.321. The van der Waals surface area contributed by atoms with Crippen LogP contribution >= 0.6 is 23.2 Å². The molecule has 13 heavy (non-hydrogen) atoms. The molecule has 0 aliphatic rings. The summed E-state index contributed by atoms with van der Waals surface area (Å²) in [7, 11) is 0. The number of benzene rings is 1. The van der Waals surface area contributed by atoms with Crippen molar-refractivity contribution < 1.29 is 5.11 Å². The van der Waals surface area contributed by atoms with E-state index in [2.05, 4.69) is 0 Å². The van der Waals surface area contributed by atoms with Gasteiger partial charge in [0.05, 0.1) is 6.10 Å². The maximum atomic E-state index is 9.41. The minimum Gasteiger partial charge on any atom is -0.393 e. The van der Waals surface area contributed by atoms with Crippen LogP contribution < -0.4 is 0 Å². The van der Waals surface area contributed by atoms with Crippen molar-refractivity contribution >= 4 is 23.2 Å². The summed E-state index contributed by atoms with van der Waals surface area (Å²) in [5.74, 6) is 0. The van der Waals surface area contributed by atoms with Gasteiger partial charge in [0.1, 0.15) is 0 Å². The Morgan fingerprint density at radius 1 is 1.38 bits per heavy atom. The summed E-state index contributed by atoms with van der Waals surface area (Å²) in [4.78, 5) is 0. The fraction of sp³-hybridized carbons (Fsp3) is 0.400. The zero-order valence-corrected chi connectivity index (χ0v) is 8.94. The average molecular weight is 219 g/mol. The van der Waals surface area contributed by atoms with E-state index in [9.17, 15) is 5.11 Å². The van der Waals surface area contributed by atoms with Gasteiger partial charge in [-0.15, -0.1) is 0 Å². The number of halogens is 2. The third kappa shape index (κ3) is 3.18. The van der Waals surface area contributed by atoms with Crippen molar-refractivity contribution in [3.05, 3.63) is 33.8 Å². The van der Waals surface area contributed by atoms with Gasteiger partial charge in [0.2, 0.25) is 0 Å². The lowest BCUT2D eigenvalue weighted by molar-refractivity contribution is 0.171. The van der Waals surface area contributed by atoms with Crippen LogP contribution in [0.4, 0.5) is 0 Å². The van der Waals surface area contributed by atoms with Gasteiger partial charge in [-0.2, -0.15) is 0 Å². The van der Waals surface area contributed by atoms with Gasteiger partial charge in [-0.25, -0.2) is 0 Å². The van der Waals surface area contributed by atoms with E-state index in [1.807, 2.05) is 13.0 Å². The van der Waals surface area contributed by atoms with Gasteiger partial charge in [-0.05, 0) is 30.5 Å². The number of hydrogen-bond donors (Lipinski definition) is 1. The average Bonchev–Trinajstić information content (AvgIpc) is 2.09. The number of rotatable bonds is 3. The minimum absolute atomic E-state index is 0.321. The highest BCUT2D eigenvalue weighted by Gasteiger charge is 2.06. The van der Waals surface area contributed by atoms with Crippen LogP contribution in [0.15, 0.2) is 18.2 Å². The van der Waals surface area contributed by atoms with Crippen molar-refractivity contribution in [3.8, 4) is 0 Å². The highest BCUT2D eigenvalue weighted by molar-refractivity contribution is 6.35. The van der Waals surface area contributed by atoms with Gasteiger partial charge in [-0.3, -0.25) is 0 Å². The second kappa shape index (κ2) is 4.85. The van der Waals surface area contributed by atoms with Gasteiger partial charge in [0.25, 0.3) is 0 Å². The van der Waals surface area contributed by atoms with Gasteiger partial charge in [-0.1, -0.05) is 36.2 Å². The smallest absolute Gasteiger partial charge is 0.0578 e. The lowest BCUT2D eigenvalue weighted by Crippen LogP contribution is -2.08. The Hall–Kier alpha value is -0.240. The molecule has 0 radical (unpaired) electrons. The molecule has 0 aliphatic heterocycles. The van der Waals surface area contributed by atoms with E-state index in [0.29, 0.717) is 16.5 Å². The molecule has 0 fully saturated rings. The van der Waals surface area contributed by atoms with Crippen molar-refractivity contribution in [1.29, 1.82) is 0 Å². The number of aliphatic hydroxyl groups is 1. The van der Waals surface area contributed by atoms with Crippen LogP contribution in [0, 0.1) is 0 Å². The molecular formula is C10H12Cl2O. The van der Waals surface area contributed by atoms with Crippen LogP contribution in [-0.2, 0) is 6.42 Å². The summed E-state index contributed by atoms with van der Waals surface area (Å²) >= 11 is 11.7. The molecule has 0 saturated heterocycles. The van der Waals surface area contributed by atoms with Crippen molar-refractivity contribution in [2.24, 2.45) is 0 Å². The molecule has 0 aliphatic carbocycles. The maximum absolute atomic E-state index is 9.41. The highest BCUT2D eigenvalue weighted by Crippen LogP contribution is 2.22. The van der Waals surface area contributed by atoms with Crippen LogP contribution in [0.1, 0.15) is 18.9 Å². The second-order valence-corrected chi connectivity index (χ2v) is 3.85. The predicted molar refractivity (Wildman–Crippen MR) is 56.5 cm³/mol. The zero-order valence-electron chi connectivity index (χ0n) is 7.43. The molecule has 0 saturated carbocycles. The van der Waals surface area contributed by atoms with Crippen molar-refractivity contribution in [1.82, 2.24) is 0 Å². The molecule has 0 bridgehead atoms. The standard InChI is InChI=1S/C10H12Cl2O/c1-2-9(13)5-7-3-4-8(11)6-10(7)12/h3-4,6,9,13H,2,5H2,1H3/t9-/m1/s1. The largest absolute Gasteiger partial charge is 0.393 e. The lowest BCUT2D eigenvalue weighted by Gasteiger charge is -2.09. The molecule has 0 amide bonds. The first-order valence-corrected chi connectivity index (χ1v) is 5.01. The molecule has 3 heteroatoms. The summed E-state index contributed by atoms with van der Waals surface area (Å²) < 4.78 is 0. The Bertz CT molecular complexity index is 286. The van der Waals surface area contributed by atoms with Crippen LogP contribution in [0.3, 0.4) is 0 Å². The van der Waals surface area contributed by atoms with Crippen molar-refractivity contribution in [2.75, 3.05) is 0 Å². The van der Waals surface area contributed by atoms with E-state index in [0.717, 1.165) is 12.0 Å². The monoisotopic (exact) mass is 218 g/mol. The molecule has 1 aromatic carbocycles. The Morgan fingerprint density at radius 3 is 2.62 bits per heavy atom. The molecule has 1 aromatic rings. The third-order valence-corrected chi connectivity index (χ3v) is 2.53. The summed E-state index contributed by atoms with van der Waals surface area (Å²) in [5.41, 5.74) is 0.945. The van der Waals surface area contributed by atoms with E-state index in [1.54, 1.807) is 12.1 Å². The zero-order chi connectivity index (χ0) is 9.84. The first-order chi connectivity index (χ1) is 6.13. The van der Waals surface area contributed by atoms with Gasteiger partial charge in [0.15, 0.2) is 0 Å². The summed E-state index contributed by atoms with van der Waals surface area (Å²) in [6.45, 7) is 1.94. The molecule has 0 spiro atoms. The fourth-order valence-corrected chi connectivity index (χ4v) is 1.57. The maximum Gasteiger partial charge on any atom is 0.0578 e. The molecular weight excluding hydrogens is 207 g/mol. The molecule has 1 rings (SSSR count). The Labute approximate surface area is 88.3 Å². The Balaban J connectivity index is 2.77. The van der Waals surface area contributed by atoms with Crippen molar-refractivity contribution in [3.63, 3.8) is 0 Å². The van der Waals surface area contributed by atoms with E-state index in [4.69, 9.17) is 23.2 Å². The first kappa shape index (κ1) is 10.8. The highest BCUT2D eigenvalue weighted by atomic mass is 35.5. The molecule has 1 nitrogen and oxygen atoms in total. The molecule has 0 unspecified atom stereocenters. The third-order valence-electron chi connectivity index (χ3n) is 1.94. The molecule has 1 N–H and O–H groups in total. The van der Waals surface area contributed by atoms with E-state index < -0.39 is 0 Å². The van der Waals surface area contributed by atoms with Crippen LogP contribution in [-0.4, -0.2) is 11.2 Å². The summed E-state index contributed by atoms with van der Waals surface area (Å²) in [6.07, 6.45) is 1.00. The Kier molecular flexibility index (Phi) is 4.04. The predicted octanol–water partition coefficient (Wildman–Crippen LogP) is 3.31. The van der Waals surface area contributed by atoms with Gasteiger partial charge < -0.3 is 5.11 Å². The van der Waals surface area contributed by atoms with Gasteiger partial charge >= 0.3 is 0 Å². The van der Waals surface area contributed by atoms with Crippen molar-refractivity contribution in [2.45, 2.75) is 25.9 Å². The molecule has 72 valence electrons. The summed E-state index contributed by atoms with van der Waals surface area (Å²) in [6, 6.07) is 5.33. The summed E-state index contributed by atoms with van der Waals surface area (Å²) in [5, 5.41) is 10.7. The topological polar surface area (TPSA) is 20.2 Å². The quantitative estimate of drug-likeness (QED) is 0.826. The second-order valence-electron chi connectivity index (χ2n) is 3.00. The SMILES string of the molecule is CC[C@@H](O)Cc1ccc(Cl)cc1Cl. The molecule has 0 heterocycles. The number of hydrogen-bond acceptors (Lipinski definition) is 1. The van der Waals surface area contributed by atoms with Crippen LogP contribution in [0.2, 0.25) is 10.0 Å². The number of aliphatic hydroxyl groups excluding tert-OH is 1.